The first kappa shape index (κ1) is 20.0. The van der Waals surface area contributed by atoms with E-state index in [4.69, 9.17) is 5.26 Å². The second kappa shape index (κ2) is 7.50. The molecule has 1 aliphatic rings. The lowest BCUT2D eigenvalue weighted by molar-refractivity contribution is -0.120. The molecule has 0 saturated heterocycles. The summed E-state index contributed by atoms with van der Waals surface area (Å²) in [5, 5.41) is 22.5. The van der Waals surface area contributed by atoms with Crippen LogP contribution in [0.25, 0.3) is 11.0 Å². The van der Waals surface area contributed by atoms with Crippen LogP contribution in [0, 0.1) is 23.0 Å². The Labute approximate surface area is 171 Å². The van der Waals surface area contributed by atoms with E-state index in [1.807, 2.05) is 6.07 Å². The van der Waals surface area contributed by atoms with Crippen LogP contribution >= 0.6 is 0 Å². The van der Waals surface area contributed by atoms with Crippen molar-refractivity contribution in [3.8, 4) is 6.07 Å². The monoisotopic (exact) mass is 410 g/mol. The van der Waals surface area contributed by atoms with Crippen LogP contribution < -0.4 is 5.32 Å². The average molecular weight is 410 g/mol. The molecule has 2 aromatic carbocycles. The number of anilines is 1. The van der Waals surface area contributed by atoms with Crippen molar-refractivity contribution in [1.82, 2.24) is 9.55 Å². The molecule has 4 rings (SSSR count). The molecule has 1 heterocycles. The Morgan fingerprint density at radius 2 is 2.07 bits per heavy atom. The van der Waals surface area contributed by atoms with Gasteiger partial charge in [-0.3, -0.25) is 10.1 Å². The second-order valence-electron chi connectivity index (χ2n) is 7.80. The third kappa shape index (κ3) is 3.53. The number of hydrogen-bond acceptors (Lipinski definition) is 4. The minimum atomic E-state index is -1.72. The number of amides is 1. The number of carbonyl (C=O) groups is 1. The third-order valence-electron chi connectivity index (χ3n) is 5.55. The number of halogens is 2. The zero-order chi connectivity index (χ0) is 21.5. The van der Waals surface area contributed by atoms with Crippen LogP contribution in [0.5, 0.6) is 0 Å². The summed E-state index contributed by atoms with van der Waals surface area (Å²) in [4.78, 5) is 17.0. The zero-order valence-corrected chi connectivity index (χ0v) is 16.3. The smallest absolute Gasteiger partial charge is 0.229 e. The molecule has 1 unspecified atom stereocenters. The number of nitrogens with one attached hydrogen (secondary N) is 1. The lowest BCUT2D eigenvalue weighted by Crippen LogP contribution is -2.30. The molecule has 0 radical (unpaired) electrons. The van der Waals surface area contributed by atoms with Gasteiger partial charge in [-0.15, -0.1) is 0 Å². The van der Waals surface area contributed by atoms with Crippen LogP contribution in [0.1, 0.15) is 49.8 Å². The largest absolute Gasteiger partial charge is 0.385 e. The highest BCUT2D eigenvalue weighted by molar-refractivity contribution is 5.92. The molecule has 1 amide bonds. The van der Waals surface area contributed by atoms with E-state index < -0.39 is 23.1 Å². The Morgan fingerprint density at radius 1 is 1.33 bits per heavy atom. The van der Waals surface area contributed by atoms with E-state index >= 15 is 0 Å². The zero-order valence-electron chi connectivity index (χ0n) is 16.3. The van der Waals surface area contributed by atoms with Crippen LogP contribution in [0.3, 0.4) is 0 Å². The molecule has 3 aromatic rings. The van der Waals surface area contributed by atoms with Gasteiger partial charge in [0, 0.05) is 17.7 Å². The van der Waals surface area contributed by atoms with Crippen molar-refractivity contribution in [2.75, 3.05) is 5.32 Å². The van der Waals surface area contributed by atoms with Gasteiger partial charge in [0.05, 0.1) is 28.6 Å². The maximum Gasteiger partial charge on any atom is 0.229 e. The Kier molecular flexibility index (Phi) is 5.00. The van der Waals surface area contributed by atoms with E-state index in [1.54, 1.807) is 10.6 Å². The maximum absolute atomic E-state index is 14.1. The summed E-state index contributed by atoms with van der Waals surface area (Å²) < 4.78 is 29.9. The number of imidazole rings is 1. The molecule has 0 spiro atoms. The fourth-order valence-corrected chi connectivity index (χ4v) is 3.78. The van der Waals surface area contributed by atoms with E-state index in [2.05, 4.69) is 10.3 Å². The van der Waals surface area contributed by atoms with Gasteiger partial charge in [0.15, 0.2) is 0 Å². The molecule has 1 aromatic heterocycles. The normalized spacial score (nSPS) is 16.0. The van der Waals surface area contributed by atoms with Gasteiger partial charge in [-0.1, -0.05) is 18.2 Å². The number of nitrogens with zero attached hydrogens (tertiary/aromatic N) is 3. The highest BCUT2D eigenvalue weighted by Crippen LogP contribution is 2.38. The number of aliphatic hydroxyl groups is 1. The predicted octanol–water partition coefficient (Wildman–Crippen LogP) is 4.15. The van der Waals surface area contributed by atoms with E-state index in [-0.39, 0.29) is 29.5 Å². The van der Waals surface area contributed by atoms with Crippen molar-refractivity contribution < 1.29 is 18.7 Å². The van der Waals surface area contributed by atoms with Crippen molar-refractivity contribution in [3.05, 3.63) is 59.2 Å². The van der Waals surface area contributed by atoms with E-state index in [0.29, 0.717) is 11.0 Å². The molecule has 8 heteroatoms. The van der Waals surface area contributed by atoms with Crippen molar-refractivity contribution in [1.29, 1.82) is 5.26 Å². The first-order valence-electron chi connectivity index (χ1n) is 9.69. The van der Waals surface area contributed by atoms with Gasteiger partial charge < -0.3 is 9.67 Å². The van der Waals surface area contributed by atoms with Crippen LogP contribution in [0.15, 0.2) is 36.4 Å². The SMILES string of the molecule is CC(O)(CC(=O)Nc1nc2cc(F)c(C#N)cc2n1C1CCC1)c1ccccc1F. The van der Waals surface area contributed by atoms with Gasteiger partial charge >= 0.3 is 0 Å². The van der Waals surface area contributed by atoms with Crippen molar-refractivity contribution in [3.63, 3.8) is 0 Å². The molecule has 1 fully saturated rings. The lowest BCUT2D eigenvalue weighted by atomic mass is 9.91. The van der Waals surface area contributed by atoms with Crippen LogP contribution in [-0.2, 0) is 10.4 Å². The summed E-state index contributed by atoms with van der Waals surface area (Å²) in [5.41, 5.74) is -0.900. The molecule has 6 nitrogen and oxygen atoms in total. The highest BCUT2D eigenvalue weighted by atomic mass is 19.1. The summed E-state index contributed by atoms with van der Waals surface area (Å²) in [6.45, 7) is 1.37. The van der Waals surface area contributed by atoms with Gasteiger partial charge in [-0.2, -0.15) is 5.26 Å². The molecule has 0 bridgehead atoms. The molecule has 2 N–H and O–H groups in total. The van der Waals surface area contributed by atoms with E-state index in [0.717, 1.165) is 19.3 Å². The maximum atomic E-state index is 14.1. The Bertz CT molecular complexity index is 1180. The van der Waals surface area contributed by atoms with Gasteiger partial charge in [0.25, 0.3) is 0 Å². The fraction of sp³-hybridized carbons (Fsp3) is 0.318. The third-order valence-corrected chi connectivity index (χ3v) is 5.55. The summed E-state index contributed by atoms with van der Waals surface area (Å²) in [6.07, 6.45) is 2.38. The summed E-state index contributed by atoms with van der Waals surface area (Å²) in [6, 6.07) is 10.2. The minimum Gasteiger partial charge on any atom is -0.385 e. The standard InChI is InChI=1S/C22H20F2N4O2/c1-22(30,15-7-2-3-8-16(15)23)11-20(29)27-21-26-18-10-17(24)13(12-25)9-19(18)28(21)14-5-4-6-14/h2-3,7-10,14,30H,4-6,11H2,1H3,(H,26,27,29). The van der Waals surface area contributed by atoms with Gasteiger partial charge in [0.1, 0.15) is 17.7 Å². The summed E-state index contributed by atoms with van der Waals surface area (Å²) >= 11 is 0. The number of fused-ring (bicyclic) bond motifs is 1. The van der Waals surface area contributed by atoms with Gasteiger partial charge in [-0.25, -0.2) is 13.8 Å². The van der Waals surface area contributed by atoms with E-state index in [1.165, 1.54) is 37.3 Å². The molecule has 1 aliphatic carbocycles. The number of carbonyl (C=O) groups excluding carboxylic acids is 1. The molecular weight excluding hydrogens is 390 g/mol. The summed E-state index contributed by atoms with van der Waals surface area (Å²) in [7, 11) is 0. The number of nitriles is 1. The Morgan fingerprint density at radius 3 is 2.70 bits per heavy atom. The average Bonchev–Trinajstić information content (AvgIpc) is 2.95. The molecule has 30 heavy (non-hydrogen) atoms. The number of hydrogen-bond donors (Lipinski definition) is 2. The number of rotatable bonds is 5. The molecule has 154 valence electrons. The number of benzene rings is 2. The first-order chi connectivity index (χ1) is 14.3. The van der Waals surface area contributed by atoms with Crippen LogP contribution in [-0.4, -0.2) is 20.6 Å². The second-order valence-corrected chi connectivity index (χ2v) is 7.80. The van der Waals surface area contributed by atoms with Crippen molar-refractivity contribution in [2.45, 2.75) is 44.2 Å². The molecule has 0 aliphatic heterocycles. The van der Waals surface area contributed by atoms with Crippen molar-refractivity contribution in [2.24, 2.45) is 0 Å². The topological polar surface area (TPSA) is 90.9 Å². The van der Waals surface area contributed by atoms with Gasteiger partial charge in [-0.05, 0) is 38.3 Å². The quantitative estimate of drug-likeness (QED) is 0.661. The minimum absolute atomic E-state index is 0.0216. The molecule has 1 atom stereocenters. The first-order valence-corrected chi connectivity index (χ1v) is 9.69. The number of aromatic nitrogens is 2. The van der Waals surface area contributed by atoms with Crippen LogP contribution in [0.2, 0.25) is 0 Å². The molecule has 1 saturated carbocycles. The predicted molar refractivity (Wildman–Crippen MR) is 107 cm³/mol. The van der Waals surface area contributed by atoms with Crippen molar-refractivity contribution >= 4 is 22.9 Å². The Balaban J connectivity index is 1.65. The van der Waals surface area contributed by atoms with Gasteiger partial charge in [0.2, 0.25) is 11.9 Å². The Hall–Kier alpha value is -3.31. The lowest BCUT2D eigenvalue weighted by Gasteiger charge is -2.29. The summed E-state index contributed by atoms with van der Waals surface area (Å²) in [5.74, 6) is -1.61. The fourth-order valence-electron chi connectivity index (χ4n) is 3.78. The van der Waals surface area contributed by atoms with Crippen LogP contribution in [0.4, 0.5) is 14.7 Å². The molecular formula is C22H20F2N4O2. The highest BCUT2D eigenvalue weighted by Gasteiger charge is 2.31. The van der Waals surface area contributed by atoms with E-state index in [9.17, 15) is 18.7 Å².